The molecule has 7 heteroatoms. The summed E-state index contributed by atoms with van der Waals surface area (Å²) in [6.45, 7) is 5.01. The summed E-state index contributed by atoms with van der Waals surface area (Å²) in [5.41, 5.74) is 2.11. The van der Waals surface area contributed by atoms with Gasteiger partial charge in [0.1, 0.15) is 11.6 Å². The van der Waals surface area contributed by atoms with E-state index >= 15 is 0 Å². The van der Waals surface area contributed by atoms with Gasteiger partial charge in [0.15, 0.2) is 12.4 Å². The van der Waals surface area contributed by atoms with E-state index in [-0.39, 0.29) is 11.3 Å². The average Bonchev–Trinajstić information content (AvgIpc) is 3.15. The molecule has 0 saturated heterocycles. The van der Waals surface area contributed by atoms with E-state index in [1.165, 1.54) is 12.1 Å². The van der Waals surface area contributed by atoms with E-state index in [2.05, 4.69) is 5.16 Å². The minimum atomic E-state index is -0.681. The maximum Gasteiger partial charge on any atom is 0.338 e. The molecule has 0 aliphatic heterocycles. The van der Waals surface area contributed by atoms with Crippen molar-refractivity contribution in [1.29, 1.82) is 0 Å². The highest BCUT2D eigenvalue weighted by Gasteiger charge is 2.20. The number of carbonyl (C=O) groups is 2. The highest BCUT2D eigenvalue weighted by molar-refractivity contribution is 6.00. The lowest BCUT2D eigenvalue weighted by Gasteiger charge is -2.06. The molecule has 0 atom stereocenters. The summed E-state index contributed by atoms with van der Waals surface area (Å²) in [5, 5.41) is 3.96. The minimum absolute atomic E-state index is 0.183. The van der Waals surface area contributed by atoms with Gasteiger partial charge in [-0.2, -0.15) is 0 Å². The molecule has 0 saturated carbocycles. The van der Waals surface area contributed by atoms with Crippen LogP contribution in [0.4, 0.5) is 4.39 Å². The van der Waals surface area contributed by atoms with Crippen LogP contribution in [0.15, 0.2) is 40.9 Å². The number of nitrogens with zero attached hydrogens (tertiary/aromatic N) is 2. The molecule has 0 spiro atoms. The van der Waals surface area contributed by atoms with Crippen LogP contribution in [0.1, 0.15) is 37.9 Å². The lowest BCUT2D eigenvalue weighted by molar-refractivity contribution is 0.0474. The minimum Gasteiger partial charge on any atom is -0.454 e. The van der Waals surface area contributed by atoms with Crippen molar-refractivity contribution in [1.82, 2.24) is 9.72 Å². The van der Waals surface area contributed by atoms with Crippen molar-refractivity contribution in [3.8, 4) is 5.82 Å². The normalized spacial score (nSPS) is 10.8. The Bertz CT molecular complexity index is 970. The van der Waals surface area contributed by atoms with E-state index in [4.69, 9.17) is 9.26 Å². The maximum atomic E-state index is 12.9. The summed E-state index contributed by atoms with van der Waals surface area (Å²) in [7, 11) is 0. The number of aryl methyl sites for hydroxylation is 2. The Morgan fingerprint density at radius 2 is 1.85 bits per heavy atom. The SMILES string of the molecule is Cc1cc(-n2c(C)cc(C(=O)COC(=O)c3ccc(F)cc3)c2C)no1. The highest BCUT2D eigenvalue weighted by Crippen LogP contribution is 2.21. The molecule has 3 rings (SSSR count). The van der Waals surface area contributed by atoms with Gasteiger partial charge >= 0.3 is 5.97 Å². The zero-order valence-corrected chi connectivity index (χ0v) is 14.6. The number of aromatic nitrogens is 2. The Hall–Kier alpha value is -3.22. The second-order valence-electron chi connectivity index (χ2n) is 5.92. The molecule has 26 heavy (non-hydrogen) atoms. The predicted molar refractivity (Wildman–Crippen MR) is 91.1 cm³/mol. The van der Waals surface area contributed by atoms with Gasteiger partial charge in [0.2, 0.25) is 5.78 Å². The molecule has 0 amide bonds. The van der Waals surface area contributed by atoms with Gasteiger partial charge in [-0.1, -0.05) is 5.16 Å². The zero-order chi connectivity index (χ0) is 18.8. The number of carbonyl (C=O) groups excluding carboxylic acids is 2. The molecule has 0 fully saturated rings. The third-order valence-electron chi connectivity index (χ3n) is 3.99. The number of esters is 1. The van der Waals surface area contributed by atoms with Crippen molar-refractivity contribution >= 4 is 11.8 Å². The molecule has 0 aliphatic rings. The van der Waals surface area contributed by atoms with Crippen molar-refractivity contribution in [2.75, 3.05) is 6.61 Å². The molecular weight excluding hydrogens is 339 g/mol. The van der Waals surface area contributed by atoms with Gasteiger partial charge in [0, 0.05) is 23.0 Å². The van der Waals surface area contributed by atoms with Gasteiger partial charge in [-0.05, 0) is 51.1 Å². The van der Waals surface area contributed by atoms with Crippen LogP contribution in [-0.4, -0.2) is 28.1 Å². The fraction of sp³-hybridized carbons (Fsp3) is 0.211. The zero-order valence-electron chi connectivity index (χ0n) is 14.6. The smallest absolute Gasteiger partial charge is 0.338 e. The molecule has 0 bridgehead atoms. The summed E-state index contributed by atoms with van der Waals surface area (Å²) in [6, 6.07) is 8.41. The summed E-state index contributed by atoms with van der Waals surface area (Å²) < 4.78 is 24.8. The predicted octanol–water partition coefficient (Wildman–Crippen LogP) is 3.57. The number of benzene rings is 1. The Morgan fingerprint density at radius 3 is 2.46 bits per heavy atom. The Kier molecular flexibility index (Phi) is 4.71. The number of rotatable bonds is 5. The monoisotopic (exact) mass is 356 g/mol. The first-order chi connectivity index (χ1) is 12.4. The van der Waals surface area contributed by atoms with Crippen LogP contribution >= 0.6 is 0 Å². The Labute approximate surface area is 149 Å². The molecule has 0 aliphatic carbocycles. The van der Waals surface area contributed by atoms with E-state index in [9.17, 15) is 14.0 Å². The van der Waals surface area contributed by atoms with Gasteiger partial charge in [-0.3, -0.25) is 9.36 Å². The van der Waals surface area contributed by atoms with Gasteiger partial charge < -0.3 is 9.26 Å². The third kappa shape index (κ3) is 3.42. The summed E-state index contributed by atoms with van der Waals surface area (Å²) in [5.74, 6) is -0.221. The lowest BCUT2D eigenvalue weighted by Crippen LogP contribution is -2.15. The van der Waals surface area contributed by atoms with Gasteiger partial charge in [-0.15, -0.1) is 0 Å². The Morgan fingerprint density at radius 1 is 1.15 bits per heavy atom. The first-order valence-corrected chi connectivity index (χ1v) is 7.95. The molecule has 3 aromatic rings. The molecular formula is C19H17FN2O4. The maximum absolute atomic E-state index is 12.9. The first-order valence-electron chi connectivity index (χ1n) is 7.95. The molecule has 2 aromatic heterocycles. The first kappa shape index (κ1) is 17.6. The van der Waals surface area contributed by atoms with Crippen molar-refractivity contribution in [2.45, 2.75) is 20.8 Å². The number of hydrogen-bond acceptors (Lipinski definition) is 5. The fourth-order valence-electron chi connectivity index (χ4n) is 2.73. The van der Waals surface area contributed by atoms with E-state index in [1.54, 1.807) is 30.5 Å². The van der Waals surface area contributed by atoms with Crippen molar-refractivity contribution in [3.63, 3.8) is 0 Å². The number of hydrogen-bond donors (Lipinski definition) is 0. The van der Waals surface area contributed by atoms with Gasteiger partial charge in [0.05, 0.1) is 5.56 Å². The van der Waals surface area contributed by atoms with Crippen LogP contribution in [0.5, 0.6) is 0 Å². The fourth-order valence-corrected chi connectivity index (χ4v) is 2.73. The van der Waals surface area contributed by atoms with E-state index in [0.717, 1.165) is 17.8 Å². The molecule has 0 radical (unpaired) electrons. The summed E-state index contributed by atoms with van der Waals surface area (Å²) >= 11 is 0. The van der Waals surface area contributed by atoms with E-state index in [0.29, 0.717) is 22.8 Å². The van der Waals surface area contributed by atoms with Crippen LogP contribution < -0.4 is 0 Å². The van der Waals surface area contributed by atoms with Crippen LogP contribution in [0.3, 0.4) is 0 Å². The number of Topliss-reactive ketones (excluding diaryl/α,β-unsaturated/α-hetero) is 1. The lowest BCUT2D eigenvalue weighted by atomic mass is 10.1. The largest absolute Gasteiger partial charge is 0.454 e. The van der Waals surface area contributed by atoms with Crippen LogP contribution in [0, 0.1) is 26.6 Å². The molecule has 6 nitrogen and oxygen atoms in total. The topological polar surface area (TPSA) is 74.3 Å². The average molecular weight is 356 g/mol. The quantitative estimate of drug-likeness (QED) is 0.516. The summed E-state index contributed by atoms with van der Waals surface area (Å²) in [4.78, 5) is 24.4. The van der Waals surface area contributed by atoms with Crippen molar-refractivity contribution < 1.29 is 23.2 Å². The van der Waals surface area contributed by atoms with E-state index in [1.807, 2.05) is 6.92 Å². The van der Waals surface area contributed by atoms with Crippen LogP contribution in [-0.2, 0) is 4.74 Å². The van der Waals surface area contributed by atoms with Crippen molar-refractivity contribution in [2.24, 2.45) is 0 Å². The molecule has 134 valence electrons. The van der Waals surface area contributed by atoms with Gasteiger partial charge in [-0.25, -0.2) is 9.18 Å². The molecule has 2 heterocycles. The molecule has 0 N–H and O–H groups in total. The van der Waals surface area contributed by atoms with Crippen LogP contribution in [0.25, 0.3) is 5.82 Å². The summed E-state index contributed by atoms with van der Waals surface area (Å²) in [6.07, 6.45) is 0. The van der Waals surface area contributed by atoms with Gasteiger partial charge in [0.25, 0.3) is 0 Å². The second kappa shape index (κ2) is 6.95. The molecule has 1 aromatic carbocycles. The Balaban J connectivity index is 1.74. The second-order valence-corrected chi connectivity index (χ2v) is 5.92. The number of ketones is 1. The third-order valence-corrected chi connectivity index (χ3v) is 3.99. The molecule has 0 unspecified atom stereocenters. The highest BCUT2D eigenvalue weighted by atomic mass is 19.1. The number of halogens is 1. The van der Waals surface area contributed by atoms with Crippen LogP contribution in [0.2, 0.25) is 0 Å². The van der Waals surface area contributed by atoms with Crippen molar-refractivity contribution in [3.05, 3.63) is 70.5 Å². The number of ether oxygens (including phenoxy) is 1. The van der Waals surface area contributed by atoms with E-state index < -0.39 is 18.4 Å². The standard InChI is InChI=1S/C19H17FN2O4/c1-11-8-16(13(3)22(11)18-9-12(2)26-21-18)17(23)10-25-19(24)14-4-6-15(20)7-5-14/h4-9H,10H2,1-3H3.